The molecule has 0 aliphatic heterocycles. The Hall–Kier alpha value is -1.72. The maximum atomic E-state index is 11.1. The van der Waals surface area contributed by atoms with E-state index in [9.17, 15) is 9.59 Å². The molecule has 0 N–H and O–H groups in total. The molecule has 0 bridgehead atoms. The molecule has 0 radical (unpaired) electrons. The normalized spacial score (nSPS) is 11.8. The summed E-state index contributed by atoms with van der Waals surface area (Å²) in [6, 6.07) is 9.27. The van der Waals surface area contributed by atoms with Crippen LogP contribution in [-0.4, -0.2) is 25.8 Å². The topological polar surface area (TPSA) is 61.8 Å². The van der Waals surface area contributed by atoms with Gasteiger partial charge in [0.15, 0.2) is 0 Å². The lowest BCUT2D eigenvalue weighted by Crippen LogP contribution is -2.27. The Morgan fingerprint density at radius 2 is 2.06 bits per heavy atom. The first-order valence-corrected chi connectivity index (χ1v) is 4.60. The van der Waals surface area contributed by atoms with Gasteiger partial charge in [-0.3, -0.25) is 4.79 Å². The second-order valence-corrected chi connectivity index (χ2v) is 2.90. The number of methoxy groups -OCH3 is 1. The molecule has 0 amide bonds. The number of rotatable bonds is 6. The third-order valence-electron chi connectivity index (χ3n) is 1.81. The second-order valence-electron chi connectivity index (χ2n) is 2.90. The van der Waals surface area contributed by atoms with Crippen molar-refractivity contribution in [3.8, 4) is 0 Å². The molecule has 86 valence electrons. The van der Waals surface area contributed by atoms with Crippen molar-refractivity contribution in [2.75, 3.05) is 7.11 Å². The van der Waals surface area contributed by atoms with Crippen LogP contribution >= 0.6 is 0 Å². The monoisotopic (exact) mass is 224 g/mol. The fourth-order valence-electron chi connectivity index (χ4n) is 1.08. The lowest BCUT2D eigenvalue weighted by molar-refractivity contribution is -0.190. The molecule has 1 unspecified atom stereocenters. The number of hydrogen-bond acceptors (Lipinski definition) is 5. The van der Waals surface area contributed by atoms with E-state index in [1.54, 1.807) is 0 Å². The molecule has 0 heterocycles. The molecule has 1 aromatic carbocycles. The highest BCUT2D eigenvalue weighted by Crippen LogP contribution is 2.04. The quantitative estimate of drug-likeness (QED) is 0.310. The van der Waals surface area contributed by atoms with E-state index in [1.807, 2.05) is 30.3 Å². The zero-order chi connectivity index (χ0) is 11.8. The highest BCUT2D eigenvalue weighted by Gasteiger charge is 2.19. The van der Waals surface area contributed by atoms with Crippen LogP contribution in [0.5, 0.6) is 0 Å². The number of carbonyl (C=O) groups is 2. The molecule has 0 fully saturated rings. The minimum atomic E-state index is -1.19. The van der Waals surface area contributed by atoms with Gasteiger partial charge >= 0.3 is 12.4 Å². The number of hydrogen-bond donors (Lipinski definition) is 0. The number of carbonyl (C=O) groups excluding carboxylic acids is 2. The Balaban J connectivity index is 2.45. The summed E-state index contributed by atoms with van der Waals surface area (Å²) in [5, 5.41) is 0. The third-order valence-corrected chi connectivity index (χ3v) is 1.81. The fraction of sp³-hybridized carbons (Fsp3) is 0.273. The van der Waals surface area contributed by atoms with Gasteiger partial charge in [0.2, 0.25) is 0 Å². The predicted octanol–water partition coefficient (Wildman–Crippen LogP) is 0.875. The molecule has 0 aromatic heterocycles. The first-order chi connectivity index (χ1) is 7.77. The van der Waals surface area contributed by atoms with Crippen molar-refractivity contribution in [1.29, 1.82) is 0 Å². The van der Waals surface area contributed by atoms with Crippen LogP contribution in [0.3, 0.4) is 0 Å². The first-order valence-electron chi connectivity index (χ1n) is 4.60. The summed E-state index contributed by atoms with van der Waals surface area (Å²) in [6.07, 6.45) is -1.19. The Morgan fingerprint density at radius 3 is 2.62 bits per heavy atom. The highest BCUT2D eigenvalue weighted by atomic mass is 16.7. The molecule has 1 rings (SSSR count). The van der Waals surface area contributed by atoms with Crippen molar-refractivity contribution in [3.63, 3.8) is 0 Å². The highest BCUT2D eigenvalue weighted by molar-refractivity contribution is 5.79. The van der Waals surface area contributed by atoms with E-state index in [2.05, 4.69) is 4.74 Å². The van der Waals surface area contributed by atoms with Gasteiger partial charge < -0.3 is 14.2 Å². The molecule has 1 aromatic rings. The van der Waals surface area contributed by atoms with E-state index in [1.165, 1.54) is 7.11 Å². The zero-order valence-electron chi connectivity index (χ0n) is 8.79. The molecular formula is C11H12O5. The summed E-state index contributed by atoms with van der Waals surface area (Å²) >= 11 is 0. The first kappa shape index (κ1) is 12.4. The van der Waals surface area contributed by atoms with Crippen molar-refractivity contribution >= 4 is 12.4 Å². The second kappa shape index (κ2) is 6.71. The molecule has 16 heavy (non-hydrogen) atoms. The average molecular weight is 224 g/mol. The van der Waals surface area contributed by atoms with Crippen molar-refractivity contribution in [3.05, 3.63) is 35.9 Å². The molecule has 0 aliphatic carbocycles. The van der Waals surface area contributed by atoms with Gasteiger partial charge in [0.25, 0.3) is 6.29 Å². The molecule has 0 saturated carbocycles. The van der Waals surface area contributed by atoms with Gasteiger partial charge in [-0.2, -0.15) is 0 Å². The van der Waals surface area contributed by atoms with Crippen LogP contribution < -0.4 is 0 Å². The standard InChI is InChI=1S/C11H12O5/c1-14-11(10(13)16-8-12)15-7-9-5-3-2-4-6-9/h2-6,8,11H,7H2,1H3. The number of ether oxygens (including phenoxy) is 3. The van der Waals surface area contributed by atoms with Crippen molar-refractivity contribution in [1.82, 2.24) is 0 Å². The Kier molecular flexibility index (Phi) is 5.18. The minimum Gasteiger partial charge on any atom is -0.392 e. The van der Waals surface area contributed by atoms with Gasteiger partial charge in [-0.25, -0.2) is 4.79 Å². The van der Waals surface area contributed by atoms with Crippen LogP contribution in [0.1, 0.15) is 5.56 Å². The van der Waals surface area contributed by atoms with E-state index in [0.29, 0.717) is 0 Å². The Labute approximate surface area is 92.9 Å². The van der Waals surface area contributed by atoms with E-state index < -0.39 is 12.3 Å². The molecule has 0 spiro atoms. The predicted molar refractivity (Wildman–Crippen MR) is 54.2 cm³/mol. The molecular weight excluding hydrogens is 212 g/mol. The summed E-state index contributed by atoms with van der Waals surface area (Å²) in [5.74, 6) is -0.867. The van der Waals surface area contributed by atoms with Gasteiger partial charge in [0, 0.05) is 7.11 Å². The Morgan fingerprint density at radius 1 is 1.38 bits per heavy atom. The van der Waals surface area contributed by atoms with Crippen LogP contribution in [0, 0.1) is 0 Å². The summed E-state index contributed by atoms with van der Waals surface area (Å²) < 4.78 is 14.0. The molecule has 5 nitrogen and oxygen atoms in total. The van der Waals surface area contributed by atoms with Crippen LogP contribution in [0.15, 0.2) is 30.3 Å². The SMILES string of the molecule is COC(OCc1ccccc1)C(=O)OC=O. The van der Waals surface area contributed by atoms with E-state index in [0.717, 1.165) is 5.56 Å². The van der Waals surface area contributed by atoms with Crippen LogP contribution in [0.4, 0.5) is 0 Å². The van der Waals surface area contributed by atoms with Gasteiger partial charge in [-0.1, -0.05) is 30.3 Å². The lowest BCUT2D eigenvalue weighted by atomic mass is 10.2. The largest absolute Gasteiger partial charge is 0.392 e. The molecule has 5 heteroatoms. The van der Waals surface area contributed by atoms with Crippen LogP contribution in [-0.2, 0) is 30.4 Å². The summed E-state index contributed by atoms with van der Waals surface area (Å²) in [4.78, 5) is 21.0. The summed E-state index contributed by atoms with van der Waals surface area (Å²) in [5.41, 5.74) is 0.892. The van der Waals surface area contributed by atoms with Crippen molar-refractivity contribution < 1.29 is 23.8 Å². The molecule has 0 saturated heterocycles. The average Bonchev–Trinajstić information content (AvgIpc) is 2.31. The minimum absolute atomic E-state index is 0.0419. The molecule has 1 atom stereocenters. The van der Waals surface area contributed by atoms with Gasteiger partial charge in [0.05, 0.1) is 6.61 Å². The number of benzene rings is 1. The number of esters is 1. The van der Waals surface area contributed by atoms with Crippen LogP contribution in [0.25, 0.3) is 0 Å². The van der Waals surface area contributed by atoms with E-state index in [4.69, 9.17) is 9.47 Å². The summed E-state index contributed by atoms with van der Waals surface area (Å²) in [6.45, 7) is 0.244. The maximum Gasteiger partial charge on any atom is 0.370 e. The van der Waals surface area contributed by atoms with E-state index >= 15 is 0 Å². The van der Waals surface area contributed by atoms with Crippen molar-refractivity contribution in [2.45, 2.75) is 12.9 Å². The van der Waals surface area contributed by atoms with E-state index in [-0.39, 0.29) is 13.1 Å². The lowest BCUT2D eigenvalue weighted by Gasteiger charge is -2.12. The summed E-state index contributed by atoms with van der Waals surface area (Å²) in [7, 11) is 1.29. The molecule has 0 aliphatic rings. The smallest absolute Gasteiger partial charge is 0.370 e. The zero-order valence-corrected chi connectivity index (χ0v) is 8.79. The van der Waals surface area contributed by atoms with Gasteiger partial charge in [-0.05, 0) is 5.56 Å². The Bertz CT molecular complexity index is 335. The van der Waals surface area contributed by atoms with Gasteiger partial charge in [0.1, 0.15) is 0 Å². The third kappa shape index (κ3) is 3.80. The van der Waals surface area contributed by atoms with Gasteiger partial charge in [-0.15, -0.1) is 0 Å². The van der Waals surface area contributed by atoms with Crippen LogP contribution in [0.2, 0.25) is 0 Å². The fourth-order valence-corrected chi connectivity index (χ4v) is 1.08. The van der Waals surface area contributed by atoms with Crippen molar-refractivity contribution in [2.24, 2.45) is 0 Å². The maximum absolute atomic E-state index is 11.1.